The topological polar surface area (TPSA) is 54.3 Å². The van der Waals surface area contributed by atoms with Crippen molar-refractivity contribution in [3.63, 3.8) is 0 Å². The molecule has 18 heavy (non-hydrogen) atoms. The minimum absolute atomic E-state index is 0.347. The average molecular weight is 263 g/mol. The van der Waals surface area contributed by atoms with Crippen LogP contribution in [0.3, 0.4) is 0 Å². The summed E-state index contributed by atoms with van der Waals surface area (Å²) >= 11 is 5.80. The number of anilines is 1. The summed E-state index contributed by atoms with van der Waals surface area (Å²) in [6, 6.07) is 10.1. The molecule has 0 unspecified atom stereocenters. The van der Waals surface area contributed by atoms with Gasteiger partial charge in [-0.2, -0.15) is 0 Å². The number of halogens is 1. The maximum absolute atomic E-state index is 11.5. The van der Waals surface area contributed by atoms with E-state index in [0.29, 0.717) is 16.5 Å². The summed E-state index contributed by atoms with van der Waals surface area (Å²) in [6.45, 7) is 0. The second kappa shape index (κ2) is 5.93. The smallest absolute Gasteiger partial charge is 0.323 e. The molecule has 2 aromatic rings. The van der Waals surface area contributed by atoms with Crippen LogP contribution in [0.5, 0.6) is 0 Å². The molecule has 0 bridgehead atoms. The first kappa shape index (κ1) is 12.3. The van der Waals surface area contributed by atoms with E-state index in [0.717, 1.165) is 0 Å². The third-order valence-electron chi connectivity index (χ3n) is 2.09. The number of nitrogens with one attached hydrogen (secondary N) is 2. The molecule has 92 valence electrons. The first-order valence-corrected chi connectivity index (χ1v) is 5.65. The van der Waals surface area contributed by atoms with Crippen molar-refractivity contribution in [3.8, 4) is 0 Å². The van der Waals surface area contributed by atoms with E-state index in [9.17, 15) is 4.79 Å². The molecule has 0 saturated carbocycles. The molecule has 2 N–H and O–H groups in total. The fraction of sp³-hybridized carbons (Fsp3) is 0. The van der Waals surface area contributed by atoms with Gasteiger partial charge in [0.05, 0.1) is 6.26 Å². The molecule has 0 aliphatic rings. The summed E-state index contributed by atoms with van der Waals surface area (Å²) in [4.78, 5) is 11.5. The third kappa shape index (κ3) is 3.68. The fourth-order valence-corrected chi connectivity index (χ4v) is 1.51. The molecule has 0 aliphatic heterocycles. The SMILES string of the molecule is O=C(NC=Cc1ccco1)Nc1cccc(Cl)c1. The van der Waals surface area contributed by atoms with Crippen molar-refractivity contribution in [2.45, 2.75) is 0 Å². The van der Waals surface area contributed by atoms with Crippen molar-refractivity contribution in [2.24, 2.45) is 0 Å². The first-order valence-electron chi connectivity index (χ1n) is 5.27. The third-order valence-corrected chi connectivity index (χ3v) is 2.32. The summed E-state index contributed by atoms with van der Waals surface area (Å²) in [5, 5.41) is 5.77. The summed E-state index contributed by atoms with van der Waals surface area (Å²) in [6.07, 6.45) is 4.71. The predicted molar refractivity (Wildman–Crippen MR) is 71.3 cm³/mol. The van der Waals surface area contributed by atoms with Crippen LogP contribution in [0.25, 0.3) is 6.08 Å². The van der Waals surface area contributed by atoms with Gasteiger partial charge in [0.2, 0.25) is 0 Å². The number of hydrogen-bond acceptors (Lipinski definition) is 2. The van der Waals surface area contributed by atoms with Crippen molar-refractivity contribution in [3.05, 3.63) is 59.6 Å². The zero-order valence-electron chi connectivity index (χ0n) is 9.39. The van der Waals surface area contributed by atoms with E-state index in [1.165, 1.54) is 6.20 Å². The van der Waals surface area contributed by atoms with Crippen molar-refractivity contribution < 1.29 is 9.21 Å². The molecule has 5 heteroatoms. The Balaban J connectivity index is 1.86. The number of amides is 2. The van der Waals surface area contributed by atoms with Gasteiger partial charge in [0.1, 0.15) is 5.76 Å². The standard InChI is InChI=1S/C13H11ClN2O2/c14-10-3-1-4-11(9-10)16-13(17)15-7-6-12-5-2-8-18-12/h1-9H,(H2,15,16,17). The van der Waals surface area contributed by atoms with Gasteiger partial charge in [-0.05, 0) is 36.4 Å². The number of carbonyl (C=O) groups excluding carboxylic acids is 1. The number of carbonyl (C=O) groups is 1. The quantitative estimate of drug-likeness (QED) is 0.886. The van der Waals surface area contributed by atoms with Gasteiger partial charge in [-0.25, -0.2) is 4.79 Å². The van der Waals surface area contributed by atoms with Gasteiger partial charge < -0.3 is 15.1 Å². The van der Waals surface area contributed by atoms with Crippen LogP contribution in [0.15, 0.2) is 53.3 Å². The van der Waals surface area contributed by atoms with E-state index >= 15 is 0 Å². The Morgan fingerprint density at radius 1 is 1.28 bits per heavy atom. The van der Waals surface area contributed by atoms with Crippen molar-refractivity contribution in [1.29, 1.82) is 0 Å². The van der Waals surface area contributed by atoms with Crippen LogP contribution >= 0.6 is 11.6 Å². The Kier molecular flexibility index (Phi) is 4.04. The monoisotopic (exact) mass is 262 g/mol. The van der Waals surface area contributed by atoms with E-state index in [1.807, 2.05) is 0 Å². The number of urea groups is 1. The molecule has 0 spiro atoms. The number of hydrogen-bond donors (Lipinski definition) is 2. The lowest BCUT2D eigenvalue weighted by Gasteiger charge is -2.04. The Morgan fingerprint density at radius 2 is 2.17 bits per heavy atom. The molecule has 2 rings (SSSR count). The van der Waals surface area contributed by atoms with Gasteiger partial charge in [0, 0.05) is 16.9 Å². The molecule has 1 aromatic carbocycles. The van der Waals surface area contributed by atoms with Crippen LogP contribution in [0.2, 0.25) is 5.02 Å². The van der Waals surface area contributed by atoms with Gasteiger partial charge in [-0.1, -0.05) is 17.7 Å². The second-order valence-electron chi connectivity index (χ2n) is 3.46. The van der Waals surface area contributed by atoms with Crippen LogP contribution in [0.1, 0.15) is 5.76 Å². The van der Waals surface area contributed by atoms with Gasteiger partial charge in [0.15, 0.2) is 0 Å². The number of benzene rings is 1. The fourth-order valence-electron chi connectivity index (χ4n) is 1.32. The summed E-state index contributed by atoms with van der Waals surface area (Å²) in [7, 11) is 0. The van der Waals surface area contributed by atoms with Gasteiger partial charge in [-0.15, -0.1) is 0 Å². The van der Waals surface area contributed by atoms with Gasteiger partial charge in [-0.3, -0.25) is 0 Å². The lowest BCUT2D eigenvalue weighted by Crippen LogP contribution is -2.23. The van der Waals surface area contributed by atoms with E-state index < -0.39 is 0 Å². The molecule has 0 fully saturated rings. The lowest BCUT2D eigenvalue weighted by molar-refractivity contribution is 0.255. The minimum atomic E-state index is -0.347. The minimum Gasteiger partial charge on any atom is -0.465 e. The summed E-state index contributed by atoms with van der Waals surface area (Å²) in [5.74, 6) is 0.665. The van der Waals surface area contributed by atoms with Gasteiger partial charge in [0.25, 0.3) is 0 Å². The number of rotatable bonds is 3. The van der Waals surface area contributed by atoms with Crippen molar-refractivity contribution >= 4 is 29.4 Å². The van der Waals surface area contributed by atoms with Crippen LogP contribution in [-0.2, 0) is 0 Å². The van der Waals surface area contributed by atoms with E-state index in [2.05, 4.69) is 10.6 Å². The van der Waals surface area contributed by atoms with Crippen molar-refractivity contribution in [2.75, 3.05) is 5.32 Å². The van der Waals surface area contributed by atoms with Crippen molar-refractivity contribution in [1.82, 2.24) is 5.32 Å². The highest BCUT2D eigenvalue weighted by atomic mass is 35.5. The highest BCUT2D eigenvalue weighted by molar-refractivity contribution is 6.30. The lowest BCUT2D eigenvalue weighted by atomic mass is 10.3. The van der Waals surface area contributed by atoms with E-state index in [1.54, 1.807) is 48.7 Å². The largest absolute Gasteiger partial charge is 0.465 e. The summed E-state index contributed by atoms with van der Waals surface area (Å²) < 4.78 is 5.07. The van der Waals surface area contributed by atoms with Gasteiger partial charge >= 0.3 is 6.03 Å². The van der Waals surface area contributed by atoms with Crippen LogP contribution in [0.4, 0.5) is 10.5 Å². The zero-order chi connectivity index (χ0) is 12.8. The Bertz CT molecular complexity index is 550. The second-order valence-corrected chi connectivity index (χ2v) is 3.89. The molecule has 0 saturated heterocycles. The van der Waals surface area contributed by atoms with Crippen LogP contribution in [0, 0.1) is 0 Å². The molecule has 0 radical (unpaired) electrons. The molecule has 2 amide bonds. The molecule has 0 atom stereocenters. The Hall–Kier alpha value is -2.20. The molecule has 0 aliphatic carbocycles. The highest BCUT2D eigenvalue weighted by Gasteiger charge is 1.99. The maximum atomic E-state index is 11.5. The first-order chi connectivity index (χ1) is 8.74. The van der Waals surface area contributed by atoms with Crippen LogP contribution < -0.4 is 10.6 Å². The molecular weight excluding hydrogens is 252 g/mol. The Morgan fingerprint density at radius 3 is 2.89 bits per heavy atom. The van der Waals surface area contributed by atoms with Crippen LogP contribution in [-0.4, -0.2) is 6.03 Å². The van der Waals surface area contributed by atoms with E-state index in [4.69, 9.17) is 16.0 Å². The van der Waals surface area contributed by atoms with E-state index in [-0.39, 0.29) is 6.03 Å². The summed E-state index contributed by atoms with van der Waals surface area (Å²) in [5.41, 5.74) is 0.631. The Labute approximate surface area is 109 Å². The average Bonchev–Trinajstić information content (AvgIpc) is 2.82. The normalized spacial score (nSPS) is 10.5. The maximum Gasteiger partial charge on any atom is 0.323 e. The number of furan rings is 1. The molecule has 1 heterocycles. The highest BCUT2D eigenvalue weighted by Crippen LogP contribution is 2.14. The molecule has 4 nitrogen and oxygen atoms in total. The zero-order valence-corrected chi connectivity index (χ0v) is 10.1. The predicted octanol–water partition coefficient (Wildman–Crippen LogP) is 3.73. The molecular formula is C13H11ClN2O2. The molecule has 1 aromatic heterocycles.